The second-order valence-electron chi connectivity index (χ2n) is 5.54. The molecule has 2 atom stereocenters. The molecular weight excluding hydrogens is 286 g/mol. The molecule has 1 amide bonds. The molecule has 0 bridgehead atoms. The van der Waals surface area contributed by atoms with Crippen LogP contribution in [0.15, 0.2) is 12.1 Å². The second kappa shape index (κ2) is 6.44. The third kappa shape index (κ3) is 2.97. The SMILES string of the molecule is COc1cc(OC)c(C(=O)N[C@@]2(C)CCO[C@@H]2C)cc1OC. The molecule has 1 aliphatic rings. The van der Waals surface area contributed by atoms with E-state index in [9.17, 15) is 4.79 Å². The van der Waals surface area contributed by atoms with Crippen LogP contribution >= 0.6 is 0 Å². The Morgan fingerprint density at radius 3 is 2.27 bits per heavy atom. The summed E-state index contributed by atoms with van der Waals surface area (Å²) in [6.45, 7) is 4.58. The molecular formula is C16H23NO5. The first-order chi connectivity index (χ1) is 10.4. The Labute approximate surface area is 130 Å². The quantitative estimate of drug-likeness (QED) is 0.901. The van der Waals surface area contributed by atoms with Crippen molar-refractivity contribution in [2.75, 3.05) is 27.9 Å². The van der Waals surface area contributed by atoms with Gasteiger partial charge >= 0.3 is 0 Å². The fraction of sp³-hybridized carbons (Fsp3) is 0.562. The number of benzene rings is 1. The van der Waals surface area contributed by atoms with E-state index >= 15 is 0 Å². The topological polar surface area (TPSA) is 66.0 Å². The van der Waals surface area contributed by atoms with Crippen molar-refractivity contribution in [3.63, 3.8) is 0 Å². The Kier molecular flexibility index (Phi) is 4.81. The largest absolute Gasteiger partial charge is 0.496 e. The fourth-order valence-corrected chi connectivity index (χ4v) is 2.53. The van der Waals surface area contributed by atoms with Crippen LogP contribution in [-0.2, 0) is 4.74 Å². The Bertz CT molecular complexity index is 560. The average Bonchev–Trinajstić information content (AvgIpc) is 2.84. The standard InChI is InChI=1S/C16H23NO5/c1-10-16(2,6-7-22-10)17-15(18)11-8-13(20-4)14(21-5)9-12(11)19-3/h8-10H,6-7H2,1-5H3,(H,17,18)/t10-,16+/m1/s1. The minimum absolute atomic E-state index is 0.0393. The van der Waals surface area contributed by atoms with Crippen LogP contribution in [0.2, 0.25) is 0 Å². The van der Waals surface area contributed by atoms with Crippen LogP contribution in [0.25, 0.3) is 0 Å². The van der Waals surface area contributed by atoms with Crippen molar-refractivity contribution in [2.45, 2.75) is 31.9 Å². The van der Waals surface area contributed by atoms with E-state index in [2.05, 4.69) is 5.32 Å². The van der Waals surface area contributed by atoms with Gasteiger partial charge in [-0.25, -0.2) is 0 Å². The third-order valence-corrected chi connectivity index (χ3v) is 4.24. The van der Waals surface area contributed by atoms with Gasteiger partial charge in [0.05, 0.1) is 38.5 Å². The van der Waals surface area contributed by atoms with E-state index < -0.39 is 5.54 Å². The van der Waals surface area contributed by atoms with E-state index in [4.69, 9.17) is 18.9 Å². The van der Waals surface area contributed by atoms with E-state index in [1.807, 2.05) is 13.8 Å². The molecule has 1 aromatic carbocycles. The zero-order valence-corrected chi connectivity index (χ0v) is 13.7. The van der Waals surface area contributed by atoms with Crippen molar-refractivity contribution >= 4 is 5.91 Å². The summed E-state index contributed by atoms with van der Waals surface area (Å²) in [6, 6.07) is 3.27. The molecule has 6 nitrogen and oxygen atoms in total. The van der Waals surface area contributed by atoms with Gasteiger partial charge in [0.2, 0.25) is 0 Å². The van der Waals surface area contributed by atoms with E-state index in [0.717, 1.165) is 6.42 Å². The van der Waals surface area contributed by atoms with Crippen molar-refractivity contribution in [2.24, 2.45) is 0 Å². The van der Waals surface area contributed by atoms with Crippen molar-refractivity contribution in [1.82, 2.24) is 5.32 Å². The number of carbonyl (C=O) groups excluding carboxylic acids is 1. The number of methoxy groups -OCH3 is 3. The maximum absolute atomic E-state index is 12.7. The van der Waals surface area contributed by atoms with Gasteiger partial charge in [0.25, 0.3) is 5.91 Å². The Morgan fingerprint density at radius 2 is 1.77 bits per heavy atom. The number of hydrogen-bond donors (Lipinski definition) is 1. The van der Waals surface area contributed by atoms with E-state index in [-0.39, 0.29) is 12.0 Å². The number of carbonyl (C=O) groups is 1. The first kappa shape index (κ1) is 16.4. The van der Waals surface area contributed by atoms with E-state index in [1.165, 1.54) is 21.3 Å². The number of amides is 1. The first-order valence-corrected chi connectivity index (χ1v) is 7.19. The van der Waals surface area contributed by atoms with Crippen molar-refractivity contribution in [3.05, 3.63) is 17.7 Å². The molecule has 0 spiro atoms. The van der Waals surface area contributed by atoms with Crippen LogP contribution in [0.4, 0.5) is 0 Å². The molecule has 22 heavy (non-hydrogen) atoms. The van der Waals surface area contributed by atoms with Crippen molar-refractivity contribution < 1.29 is 23.7 Å². The molecule has 6 heteroatoms. The summed E-state index contributed by atoms with van der Waals surface area (Å²) in [5.74, 6) is 1.21. The molecule has 2 rings (SSSR count). The Morgan fingerprint density at radius 1 is 1.18 bits per heavy atom. The van der Waals surface area contributed by atoms with Crippen LogP contribution in [0, 0.1) is 0 Å². The van der Waals surface area contributed by atoms with Gasteiger partial charge in [0.1, 0.15) is 5.75 Å². The molecule has 0 saturated carbocycles. The minimum Gasteiger partial charge on any atom is -0.496 e. The predicted octanol–water partition coefficient (Wildman–Crippen LogP) is 2.01. The van der Waals surface area contributed by atoms with Gasteiger partial charge in [-0.2, -0.15) is 0 Å². The zero-order valence-electron chi connectivity index (χ0n) is 13.7. The average molecular weight is 309 g/mol. The van der Waals surface area contributed by atoms with Crippen LogP contribution in [0.5, 0.6) is 17.2 Å². The molecule has 1 heterocycles. The molecule has 0 aromatic heterocycles. The molecule has 0 radical (unpaired) electrons. The van der Waals surface area contributed by atoms with Gasteiger partial charge in [0, 0.05) is 18.7 Å². The lowest BCUT2D eigenvalue weighted by molar-refractivity contribution is 0.0725. The fourth-order valence-electron chi connectivity index (χ4n) is 2.53. The normalized spacial score (nSPS) is 24.0. The lowest BCUT2D eigenvalue weighted by atomic mass is 9.94. The van der Waals surface area contributed by atoms with Crippen molar-refractivity contribution in [3.8, 4) is 17.2 Å². The Balaban J connectivity index is 2.32. The van der Waals surface area contributed by atoms with Crippen LogP contribution in [-0.4, -0.2) is 45.5 Å². The number of nitrogens with one attached hydrogen (secondary N) is 1. The van der Waals surface area contributed by atoms with Gasteiger partial charge in [-0.05, 0) is 20.3 Å². The summed E-state index contributed by atoms with van der Waals surface area (Å²) in [4.78, 5) is 12.7. The van der Waals surface area contributed by atoms with Gasteiger partial charge < -0.3 is 24.3 Å². The lowest BCUT2D eigenvalue weighted by Crippen LogP contribution is -2.50. The predicted molar refractivity (Wildman–Crippen MR) is 82.0 cm³/mol. The summed E-state index contributed by atoms with van der Waals surface area (Å²) < 4.78 is 21.3. The highest BCUT2D eigenvalue weighted by molar-refractivity contribution is 5.98. The van der Waals surface area contributed by atoms with Crippen LogP contribution < -0.4 is 19.5 Å². The van der Waals surface area contributed by atoms with Gasteiger partial charge in [-0.3, -0.25) is 4.79 Å². The number of ether oxygens (including phenoxy) is 4. The van der Waals surface area contributed by atoms with E-state index in [1.54, 1.807) is 12.1 Å². The smallest absolute Gasteiger partial charge is 0.255 e. The van der Waals surface area contributed by atoms with Gasteiger partial charge in [0.15, 0.2) is 11.5 Å². The maximum Gasteiger partial charge on any atom is 0.255 e. The highest BCUT2D eigenvalue weighted by Crippen LogP contribution is 2.35. The number of hydrogen-bond acceptors (Lipinski definition) is 5. The van der Waals surface area contributed by atoms with E-state index in [0.29, 0.717) is 29.4 Å². The summed E-state index contributed by atoms with van der Waals surface area (Å²) in [5, 5.41) is 3.04. The summed E-state index contributed by atoms with van der Waals surface area (Å²) in [5.41, 5.74) is 0.00962. The van der Waals surface area contributed by atoms with Gasteiger partial charge in [-0.1, -0.05) is 0 Å². The molecule has 1 aliphatic heterocycles. The van der Waals surface area contributed by atoms with Gasteiger partial charge in [-0.15, -0.1) is 0 Å². The molecule has 1 saturated heterocycles. The molecule has 0 aliphatic carbocycles. The molecule has 0 unspecified atom stereocenters. The lowest BCUT2D eigenvalue weighted by Gasteiger charge is -2.29. The zero-order chi connectivity index (χ0) is 16.3. The molecule has 1 N–H and O–H groups in total. The third-order valence-electron chi connectivity index (χ3n) is 4.24. The summed E-state index contributed by atoms with van der Waals surface area (Å²) in [6.07, 6.45) is 0.734. The van der Waals surface area contributed by atoms with Crippen molar-refractivity contribution in [1.29, 1.82) is 0 Å². The van der Waals surface area contributed by atoms with Crippen LogP contribution in [0.3, 0.4) is 0 Å². The number of rotatable bonds is 5. The highest BCUT2D eigenvalue weighted by Gasteiger charge is 2.39. The monoisotopic (exact) mass is 309 g/mol. The Hall–Kier alpha value is -1.95. The maximum atomic E-state index is 12.7. The first-order valence-electron chi connectivity index (χ1n) is 7.19. The summed E-state index contributed by atoms with van der Waals surface area (Å²) in [7, 11) is 4.58. The second-order valence-corrected chi connectivity index (χ2v) is 5.54. The molecule has 122 valence electrons. The minimum atomic E-state index is -0.394. The highest BCUT2D eigenvalue weighted by atomic mass is 16.5. The van der Waals surface area contributed by atoms with Crippen LogP contribution in [0.1, 0.15) is 30.6 Å². The summed E-state index contributed by atoms with van der Waals surface area (Å²) >= 11 is 0. The molecule has 1 fully saturated rings. The molecule has 1 aromatic rings.